The number of hydrogen-bond acceptors (Lipinski definition) is 3. The lowest BCUT2D eigenvalue weighted by atomic mass is 10.1. The fourth-order valence-corrected chi connectivity index (χ4v) is 3.55. The van der Waals surface area contributed by atoms with Crippen LogP contribution in [0, 0.1) is 0 Å². The number of hydrogen-bond donors (Lipinski definition) is 1. The maximum Gasteiger partial charge on any atom is 0.253 e. The Morgan fingerprint density at radius 3 is 2.80 bits per heavy atom. The summed E-state index contributed by atoms with van der Waals surface area (Å²) in [6.07, 6.45) is 3.38. The molecule has 1 fully saturated rings. The number of carbonyl (C=O) groups excluding carboxylic acids is 2. The second-order valence-corrected chi connectivity index (χ2v) is 6.70. The minimum Gasteiger partial charge on any atom is -0.339 e. The number of nitrogens with one attached hydrogen (secondary N) is 1. The van der Waals surface area contributed by atoms with Crippen LogP contribution in [0.1, 0.15) is 36.5 Å². The molecule has 0 aliphatic carbocycles. The second kappa shape index (κ2) is 5.48. The number of carbonyl (C=O) groups is 2. The number of fused-ring (bicyclic) bond motifs is 1. The van der Waals surface area contributed by atoms with Crippen molar-refractivity contribution in [1.29, 1.82) is 0 Å². The van der Waals surface area contributed by atoms with Gasteiger partial charge in [0.25, 0.3) is 5.91 Å². The number of benzene rings is 1. The van der Waals surface area contributed by atoms with Crippen LogP contribution in [0.5, 0.6) is 0 Å². The van der Waals surface area contributed by atoms with Gasteiger partial charge in [0.05, 0.1) is 10.9 Å². The van der Waals surface area contributed by atoms with Crippen molar-refractivity contribution in [2.75, 3.05) is 18.4 Å². The third-order valence-electron chi connectivity index (χ3n) is 3.80. The molecule has 106 valence electrons. The van der Waals surface area contributed by atoms with Crippen molar-refractivity contribution in [1.82, 2.24) is 4.90 Å². The molecule has 1 atom stereocenters. The van der Waals surface area contributed by atoms with Gasteiger partial charge in [-0.3, -0.25) is 9.59 Å². The van der Waals surface area contributed by atoms with Crippen molar-refractivity contribution in [3.05, 3.63) is 23.8 Å². The maximum atomic E-state index is 12.4. The molecule has 0 saturated carbocycles. The minimum atomic E-state index is -0.0776. The lowest BCUT2D eigenvalue weighted by Crippen LogP contribution is -2.35. The predicted octanol–water partition coefficient (Wildman–Crippen LogP) is 2.75. The van der Waals surface area contributed by atoms with E-state index in [1.165, 1.54) is 18.2 Å². The third kappa shape index (κ3) is 2.54. The van der Waals surface area contributed by atoms with Crippen molar-refractivity contribution in [3.8, 4) is 0 Å². The van der Waals surface area contributed by atoms with Gasteiger partial charge >= 0.3 is 0 Å². The van der Waals surface area contributed by atoms with Crippen molar-refractivity contribution in [2.24, 2.45) is 0 Å². The van der Waals surface area contributed by atoms with E-state index in [1.54, 1.807) is 0 Å². The second-order valence-electron chi connectivity index (χ2n) is 5.31. The normalized spacial score (nSPS) is 22.1. The molecule has 2 amide bonds. The largest absolute Gasteiger partial charge is 0.339 e. The van der Waals surface area contributed by atoms with Crippen molar-refractivity contribution in [3.63, 3.8) is 0 Å². The average molecular weight is 290 g/mol. The van der Waals surface area contributed by atoms with E-state index in [1.807, 2.05) is 30.0 Å². The molecule has 5 heteroatoms. The highest BCUT2D eigenvalue weighted by atomic mass is 32.2. The van der Waals surface area contributed by atoms with Crippen LogP contribution in [-0.2, 0) is 4.79 Å². The van der Waals surface area contributed by atoms with Gasteiger partial charge in [-0.05, 0) is 44.4 Å². The van der Waals surface area contributed by atoms with E-state index in [4.69, 9.17) is 0 Å². The molecule has 4 nitrogen and oxygen atoms in total. The molecule has 20 heavy (non-hydrogen) atoms. The highest BCUT2D eigenvalue weighted by Crippen LogP contribution is 2.36. The molecular weight excluding hydrogens is 272 g/mol. The fourth-order valence-electron chi connectivity index (χ4n) is 2.62. The molecule has 0 spiro atoms. The SMILES string of the molecule is CC1Sc2ccc(C(=O)N3CCCCC3)cc2NC1=O. The van der Waals surface area contributed by atoms with Crippen molar-refractivity contribution >= 4 is 29.3 Å². The van der Waals surface area contributed by atoms with Crippen LogP contribution in [0.2, 0.25) is 0 Å². The Morgan fingerprint density at radius 2 is 2.05 bits per heavy atom. The van der Waals surface area contributed by atoms with Crippen LogP contribution >= 0.6 is 11.8 Å². The topological polar surface area (TPSA) is 49.4 Å². The van der Waals surface area contributed by atoms with Gasteiger partial charge in [0, 0.05) is 23.5 Å². The highest BCUT2D eigenvalue weighted by Gasteiger charge is 2.25. The molecule has 2 aliphatic rings. The summed E-state index contributed by atoms with van der Waals surface area (Å²) < 4.78 is 0. The highest BCUT2D eigenvalue weighted by molar-refractivity contribution is 8.00. The zero-order valence-electron chi connectivity index (χ0n) is 11.5. The molecule has 2 heterocycles. The average Bonchev–Trinajstić information content (AvgIpc) is 2.48. The number of piperidine rings is 1. The smallest absolute Gasteiger partial charge is 0.253 e. The van der Waals surface area contributed by atoms with E-state index in [-0.39, 0.29) is 17.1 Å². The number of amides is 2. The molecule has 0 aromatic heterocycles. The van der Waals surface area contributed by atoms with Gasteiger partial charge < -0.3 is 10.2 Å². The van der Waals surface area contributed by atoms with Gasteiger partial charge in [0.2, 0.25) is 5.91 Å². The van der Waals surface area contributed by atoms with Crippen LogP contribution < -0.4 is 5.32 Å². The predicted molar refractivity (Wildman–Crippen MR) is 80.1 cm³/mol. The summed E-state index contributed by atoms with van der Waals surface area (Å²) in [4.78, 5) is 27.1. The van der Waals surface area contributed by atoms with Crippen LogP contribution in [0.25, 0.3) is 0 Å². The fraction of sp³-hybridized carbons (Fsp3) is 0.467. The van der Waals surface area contributed by atoms with Gasteiger partial charge in [0.15, 0.2) is 0 Å². The Hall–Kier alpha value is -1.49. The molecule has 3 rings (SSSR count). The van der Waals surface area contributed by atoms with Gasteiger partial charge in [-0.1, -0.05) is 0 Å². The summed E-state index contributed by atoms with van der Waals surface area (Å²) >= 11 is 1.54. The minimum absolute atomic E-state index is 0.00470. The number of nitrogens with zero attached hydrogens (tertiary/aromatic N) is 1. The van der Waals surface area contributed by atoms with E-state index >= 15 is 0 Å². The first-order chi connectivity index (χ1) is 9.65. The first-order valence-corrected chi connectivity index (χ1v) is 7.94. The molecule has 1 N–H and O–H groups in total. The molecule has 1 saturated heterocycles. The van der Waals surface area contributed by atoms with Gasteiger partial charge in [0.1, 0.15) is 0 Å². The summed E-state index contributed by atoms with van der Waals surface area (Å²) in [7, 11) is 0. The van der Waals surface area contributed by atoms with Crippen LogP contribution in [0.4, 0.5) is 5.69 Å². The Bertz CT molecular complexity index is 553. The first-order valence-electron chi connectivity index (χ1n) is 7.06. The van der Waals surface area contributed by atoms with Crippen LogP contribution in [0.3, 0.4) is 0 Å². The van der Waals surface area contributed by atoms with Gasteiger partial charge in [-0.15, -0.1) is 11.8 Å². The van der Waals surface area contributed by atoms with E-state index in [0.717, 1.165) is 36.5 Å². The first kappa shape index (κ1) is 13.5. The number of anilines is 1. The van der Waals surface area contributed by atoms with E-state index in [0.29, 0.717) is 5.56 Å². The molecule has 0 radical (unpaired) electrons. The lowest BCUT2D eigenvalue weighted by molar-refractivity contribution is -0.115. The number of thioether (sulfide) groups is 1. The quantitative estimate of drug-likeness (QED) is 0.865. The molecular formula is C15H18N2O2S. The van der Waals surface area contributed by atoms with Crippen LogP contribution in [-0.4, -0.2) is 35.1 Å². The number of likely N-dealkylation sites (tertiary alicyclic amines) is 1. The monoisotopic (exact) mass is 290 g/mol. The standard InChI is InChI=1S/C15H18N2O2S/c1-10-14(18)16-12-9-11(5-6-13(12)20-10)15(19)17-7-3-2-4-8-17/h5-6,9-10H,2-4,7-8H2,1H3,(H,16,18). The Morgan fingerprint density at radius 1 is 1.30 bits per heavy atom. The summed E-state index contributed by atoms with van der Waals surface area (Å²) in [5.41, 5.74) is 1.43. The van der Waals surface area contributed by atoms with Gasteiger partial charge in [-0.25, -0.2) is 0 Å². The van der Waals surface area contributed by atoms with E-state index < -0.39 is 0 Å². The number of rotatable bonds is 1. The Balaban J connectivity index is 1.83. The summed E-state index contributed by atoms with van der Waals surface area (Å²) in [6.45, 7) is 3.57. The van der Waals surface area contributed by atoms with E-state index in [9.17, 15) is 9.59 Å². The zero-order valence-corrected chi connectivity index (χ0v) is 12.3. The summed E-state index contributed by atoms with van der Waals surface area (Å²) in [5, 5.41) is 2.80. The van der Waals surface area contributed by atoms with Crippen molar-refractivity contribution < 1.29 is 9.59 Å². The molecule has 1 aromatic rings. The lowest BCUT2D eigenvalue weighted by Gasteiger charge is -2.27. The van der Waals surface area contributed by atoms with Gasteiger partial charge in [-0.2, -0.15) is 0 Å². The Labute approximate surface area is 122 Å². The maximum absolute atomic E-state index is 12.4. The van der Waals surface area contributed by atoms with Crippen LogP contribution in [0.15, 0.2) is 23.1 Å². The molecule has 2 aliphatic heterocycles. The third-order valence-corrected chi connectivity index (χ3v) is 4.98. The Kier molecular flexibility index (Phi) is 3.70. The zero-order chi connectivity index (χ0) is 14.1. The molecule has 0 bridgehead atoms. The van der Waals surface area contributed by atoms with Crippen molar-refractivity contribution in [2.45, 2.75) is 36.3 Å². The molecule has 1 aromatic carbocycles. The summed E-state index contributed by atoms with van der Waals surface area (Å²) in [5.74, 6) is 0.0791. The summed E-state index contributed by atoms with van der Waals surface area (Å²) in [6, 6.07) is 5.61. The van der Waals surface area contributed by atoms with E-state index in [2.05, 4.69) is 5.32 Å². The molecule has 1 unspecified atom stereocenters.